The van der Waals surface area contributed by atoms with Crippen molar-refractivity contribution in [2.24, 2.45) is 17.8 Å². The number of aromatic nitrogens is 4. The zero-order chi connectivity index (χ0) is 21.8. The van der Waals surface area contributed by atoms with E-state index in [9.17, 15) is 0 Å². The van der Waals surface area contributed by atoms with Crippen molar-refractivity contribution < 1.29 is 0 Å². The van der Waals surface area contributed by atoms with Gasteiger partial charge in [-0.25, -0.2) is 4.98 Å². The molecule has 0 aliphatic heterocycles. The minimum Gasteiger partial charge on any atom is -0.269 e. The van der Waals surface area contributed by atoms with E-state index in [1.54, 1.807) is 23.1 Å². The second-order valence-corrected chi connectivity index (χ2v) is 12.8. The zero-order valence-corrected chi connectivity index (χ0v) is 20.8. The molecule has 8 rings (SSSR count). The van der Waals surface area contributed by atoms with Crippen LogP contribution in [0.15, 0.2) is 58.4 Å². The summed E-state index contributed by atoms with van der Waals surface area (Å²) in [6.45, 7) is 0. The van der Waals surface area contributed by atoms with E-state index in [0.717, 1.165) is 45.1 Å². The van der Waals surface area contributed by atoms with Crippen LogP contribution < -0.4 is 0 Å². The second-order valence-electron chi connectivity index (χ2n) is 10.1. The average Bonchev–Trinajstić information content (AvgIpc) is 3.58. The van der Waals surface area contributed by atoms with E-state index in [0.29, 0.717) is 5.41 Å². The average molecular weight is 491 g/mol. The molecule has 4 aliphatic carbocycles. The van der Waals surface area contributed by atoms with Gasteiger partial charge in [0.1, 0.15) is 0 Å². The molecule has 0 spiro atoms. The number of hydrogen-bond donors (Lipinski definition) is 0. The molecule has 4 aliphatic rings. The van der Waals surface area contributed by atoms with Gasteiger partial charge in [0.15, 0.2) is 11.0 Å². The first-order chi connectivity index (χ1) is 16.3. The maximum atomic E-state index is 5.22. The number of thioether (sulfide) groups is 1. The highest BCUT2D eigenvalue weighted by Crippen LogP contribution is 2.61. The predicted molar refractivity (Wildman–Crippen MR) is 136 cm³/mol. The van der Waals surface area contributed by atoms with Crippen molar-refractivity contribution in [2.75, 3.05) is 0 Å². The van der Waals surface area contributed by atoms with Crippen molar-refractivity contribution >= 4 is 34.4 Å². The van der Waals surface area contributed by atoms with Crippen molar-refractivity contribution in [3.05, 3.63) is 63.9 Å². The van der Waals surface area contributed by atoms with Crippen molar-refractivity contribution in [2.45, 2.75) is 54.8 Å². The number of nitrogens with zero attached hydrogens (tertiary/aromatic N) is 4. The van der Waals surface area contributed by atoms with E-state index in [-0.39, 0.29) is 0 Å². The molecule has 0 radical (unpaired) electrons. The summed E-state index contributed by atoms with van der Waals surface area (Å²) in [7, 11) is 0. The summed E-state index contributed by atoms with van der Waals surface area (Å²) >= 11 is 5.35. The molecule has 4 nitrogen and oxygen atoms in total. The molecule has 168 valence electrons. The SMILES string of the molecule is c1ccc(-n2c(SCc3csc(C45CC6CC(CC(C6)C4)C5)n3)nnc2-c2cccs2)cc1. The normalized spacial score (nSPS) is 27.9. The Kier molecular flexibility index (Phi) is 4.99. The third kappa shape index (κ3) is 3.60. The van der Waals surface area contributed by atoms with Crippen LogP contribution in [0, 0.1) is 17.8 Å². The molecule has 0 atom stereocenters. The largest absolute Gasteiger partial charge is 0.269 e. The minimum atomic E-state index is 0.388. The van der Waals surface area contributed by atoms with Crippen LogP contribution in [-0.4, -0.2) is 19.7 Å². The molecule has 4 saturated carbocycles. The number of rotatable bonds is 6. The van der Waals surface area contributed by atoms with Gasteiger partial charge in [0.25, 0.3) is 0 Å². The summed E-state index contributed by atoms with van der Waals surface area (Å²) < 4.78 is 2.18. The van der Waals surface area contributed by atoms with Crippen LogP contribution in [-0.2, 0) is 11.2 Å². The van der Waals surface area contributed by atoms with E-state index in [4.69, 9.17) is 4.98 Å². The Morgan fingerprint density at radius 1 is 0.909 bits per heavy atom. The lowest BCUT2D eigenvalue weighted by molar-refractivity contribution is -0.00532. The van der Waals surface area contributed by atoms with Gasteiger partial charge < -0.3 is 0 Å². The highest BCUT2D eigenvalue weighted by atomic mass is 32.2. The van der Waals surface area contributed by atoms with Gasteiger partial charge in [-0.2, -0.15) is 0 Å². The fourth-order valence-corrected chi connectivity index (χ4v) is 9.57. The van der Waals surface area contributed by atoms with Gasteiger partial charge in [-0.15, -0.1) is 32.9 Å². The molecular formula is C26H26N4S3. The molecule has 4 fully saturated rings. The molecule has 0 saturated heterocycles. The second kappa shape index (κ2) is 8.07. The maximum absolute atomic E-state index is 5.22. The quantitative estimate of drug-likeness (QED) is 0.268. The first-order valence-corrected chi connectivity index (χ1v) is 14.6. The minimum absolute atomic E-state index is 0.388. The van der Waals surface area contributed by atoms with Gasteiger partial charge in [-0.3, -0.25) is 4.57 Å². The molecule has 1 aromatic carbocycles. The lowest BCUT2D eigenvalue weighted by Gasteiger charge is -2.56. The first-order valence-electron chi connectivity index (χ1n) is 11.9. The molecule has 0 unspecified atom stereocenters. The smallest absolute Gasteiger partial charge is 0.196 e. The third-order valence-electron chi connectivity index (χ3n) is 7.78. The Labute approximate surface area is 206 Å². The standard InChI is InChI=1S/C26H26N4S3/c1-2-5-21(6-3-1)30-23(22-7-4-8-31-22)28-29-25(30)33-16-20-15-32-24(27-20)26-12-17-9-18(13-26)11-19(10-17)14-26/h1-8,15,17-19H,9-14,16H2. The lowest BCUT2D eigenvalue weighted by atomic mass is 9.50. The molecule has 0 amide bonds. The van der Waals surface area contributed by atoms with Gasteiger partial charge in [0, 0.05) is 22.2 Å². The molecule has 33 heavy (non-hydrogen) atoms. The van der Waals surface area contributed by atoms with Gasteiger partial charge in [0.05, 0.1) is 15.6 Å². The Morgan fingerprint density at radius 3 is 2.36 bits per heavy atom. The van der Waals surface area contributed by atoms with E-state index in [1.807, 2.05) is 17.4 Å². The molecule has 3 aromatic heterocycles. The van der Waals surface area contributed by atoms with Crippen LogP contribution in [0.5, 0.6) is 0 Å². The highest BCUT2D eigenvalue weighted by Gasteiger charge is 2.52. The predicted octanol–water partition coefficient (Wildman–Crippen LogP) is 7.21. The van der Waals surface area contributed by atoms with Crippen molar-refractivity contribution in [3.8, 4) is 16.4 Å². The van der Waals surface area contributed by atoms with Crippen LogP contribution in [0.25, 0.3) is 16.4 Å². The maximum Gasteiger partial charge on any atom is 0.196 e. The summed E-state index contributed by atoms with van der Waals surface area (Å²) in [5.41, 5.74) is 2.68. The Hall–Kier alpha value is -1.96. The third-order valence-corrected chi connectivity index (χ3v) is 10.7. The number of para-hydroxylation sites is 1. The van der Waals surface area contributed by atoms with Crippen LogP contribution in [0.2, 0.25) is 0 Å². The zero-order valence-electron chi connectivity index (χ0n) is 18.4. The first kappa shape index (κ1) is 20.4. The summed E-state index contributed by atoms with van der Waals surface area (Å²) in [6, 6.07) is 14.6. The molecule has 0 N–H and O–H groups in total. The fourth-order valence-electron chi connectivity index (χ4n) is 6.87. The van der Waals surface area contributed by atoms with E-state index in [1.165, 1.54) is 49.2 Å². The Bertz CT molecular complexity index is 1220. The number of benzene rings is 1. The van der Waals surface area contributed by atoms with Gasteiger partial charge in [-0.1, -0.05) is 36.0 Å². The van der Waals surface area contributed by atoms with Crippen LogP contribution in [0.1, 0.15) is 49.2 Å². The molecular weight excluding hydrogens is 465 g/mol. The topological polar surface area (TPSA) is 43.6 Å². The number of thiophene rings is 1. The summed E-state index contributed by atoms with van der Waals surface area (Å²) in [6.07, 6.45) is 8.59. The number of thiazole rings is 1. The van der Waals surface area contributed by atoms with E-state index in [2.05, 4.69) is 61.9 Å². The molecule has 4 aromatic rings. The lowest BCUT2D eigenvalue weighted by Crippen LogP contribution is -2.48. The highest BCUT2D eigenvalue weighted by molar-refractivity contribution is 7.98. The van der Waals surface area contributed by atoms with Crippen molar-refractivity contribution in [1.29, 1.82) is 0 Å². The van der Waals surface area contributed by atoms with Crippen molar-refractivity contribution in [1.82, 2.24) is 19.7 Å². The molecule has 4 bridgehead atoms. The van der Waals surface area contributed by atoms with Crippen LogP contribution in [0.4, 0.5) is 0 Å². The Balaban J connectivity index is 1.15. The van der Waals surface area contributed by atoms with Gasteiger partial charge in [0.2, 0.25) is 0 Å². The Morgan fingerprint density at radius 2 is 1.67 bits per heavy atom. The summed E-state index contributed by atoms with van der Waals surface area (Å²) in [4.78, 5) is 6.35. The van der Waals surface area contributed by atoms with Crippen molar-refractivity contribution in [3.63, 3.8) is 0 Å². The van der Waals surface area contributed by atoms with Gasteiger partial charge in [-0.05, 0) is 79.9 Å². The summed E-state index contributed by atoms with van der Waals surface area (Å²) in [5.74, 6) is 4.61. The monoisotopic (exact) mass is 490 g/mol. The van der Waals surface area contributed by atoms with Crippen LogP contribution in [0.3, 0.4) is 0 Å². The van der Waals surface area contributed by atoms with E-state index >= 15 is 0 Å². The number of hydrogen-bond acceptors (Lipinski definition) is 6. The van der Waals surface area contributed by atoms with E-state index < -0.39 is 0 Å². The van der Waals surface area contributed by atoms with Crippen LogP contribution >= 0.6 is 34.4 Å². The summed E-state index contributed by atoms with van der Waals surface area (Å²) in [5, 5.41) is 15.9. The van der Waals surface area contributed by atoms with Gasteiger partial charge >= 0.3 is 0 Å². The molecule has 3 heterocycles. The molecule has 7 heteroatoms. The fraction of sp³-hybridized carbons (Fsp3) is 0.423.